The maximum atomic E-state index is 4.93. The Morgan fingerprint density at radius 3 is 1.55 bits per heavy atom. The van der Waals surface area contributed by atoms with E-state index in [1.165, 1.54) is 38.5 Å². The quantitative estimate of drug-likeness (QED) is 0.166. The van der Waals surface area contributed by atoms with Crippen LogP contribution in [0.2, 0.25) is 0 Å². The maximum Gasteiger partial charge on any atom is 0.164 e. The van der Waals surface area contributed by atoms with Crippen molar-refractivity contribution in [2.24, 2.45) is 0 Å². The van der Waals surface area contributed by atoms with Crippen LogP contribution >= 0.6 is 31.9 Å². The predicted molar refractivity (Wildman–Crippen MR) is 189 cm³/mol. The summed E-state index contributed by atoms with van der Waals surface area (Å²) < 4.78 is 4.64. The summed E-state index contributed by atoms with van der Waals surface area (Å²) in [4.78, 5) is 14.7. The summed E-state index contributed by atoms with van der Waals surface area (Å²) in [7, 11) is 0. The molecule has 7 rings (SSSR count). The fourth-order valence-corrected chi connectivity index (χ4v) is 6.60. The van der Waals surface area contributed by atoms with Gasteiger partial charge in [0.05, 0.1) is 0 Å². The van der Waals surface area contributed by atoms with Crippen LogP contribution in [0.4, 0.5) is 0 Å². The minimum Gasteiger partial charge on any atom is -0.340 e. The third-order valence-corrected chi connectivity index (χ3v) is 9.02. The smallest absolute Gasteiger partial charge is 0.164 e. The van der Waals surface area contributed by atoms with Crippen molar-refractivity contribution in [3.63, 3.8) is 0 Å². The first kappa shape index (κ1) is 28.6. The molecule has 0 N–H and O–H groups in total. The minimum absolute atomic E-state index is 0.683. The van der Waals surface area contributed by atoms with E-state index in [0.29, 0.717) is 17.5 Å². The van der Waals surface area contributed by atoms with Crippen LogP contribution in [-0.2, 0) is 13.0 Å². The number of hydrogen-bond acceptors (Lipinski definition) is 3. The van der Waals surface area contributed by atoms with Crippen LogP contribution in [0.25, 0.3) is 56.0 Å². The van der Waals surface area contributed by atoms with E-state index in [0.717, 1.165) is 45.0 Å². The zero-order chi connectivity index (χ0) is 30.2. The van der Waals surface area contributed by atoms with Crippen LogP contribution < -0.4 is 0 Å². The van der Waals surface area contributed by atoms with Gasteiger partial charge in [0, 0.05) is 54.0 Å². The molecule has 0 atom stereocenters. The number of benzene rings is 5. The third kappa shape index (κ3) is 5.84. The van der Waals surface area contributed by atoms with Crippen LogP contribution in [0.3, 0.4) is 0 Å². The Morgan fingerprint density at radius 1 is 0.545 bits per heavy atom. The molecule has 5 aromatic carbocycles. The second kappa shape index (κ2) is 12.1. The van der Waals surface area contributed by atoms with E-state index >= 15 is 0 Å². The average Bonchev–Trinajstić information content (AvgIpc) is 3.32. The van der Waals surface area contributed by atoms with Gasteiger partial charge in [-0.25, -0.2) is 15.0 Å². The molecular weight excluding hydrogens is 672 g/mol. The number of fused-ring (bicyclic) bond motifs is 3. The van der Waals surface area contributed by atoms with Crippen LogP contribution in [0, 0.1) is 13.8 Å². The van der Waals surface area contributed by atoms with E-state index in [-0.39, 0.29) is 0 Å². The van der Waals surface area contributed by atoms with Crippen LogP contribution in [0.5, 0.6) is 0 Å². The second-order valence-corrected chi connectivity index (χ2v) is 13.2. The van der Waals surface area contributed by atoms with Gasteiger partial charge in [-0.1, -0.05) is 104 Å². The first-order valence-corrected chi connectivity index (χ1v) is 16.4. The maximum absolute atomic E-state index is 4.93. The lowest BCUT2D eigenvalue weighted by Crippen LogP contribution is -2.01. The number of aryl methyl sites for hydroxylation is 4. The Kier molecular flexibility index (Phi) is 7.87. The molecule has 7 aromatic rings. The van der Waals surface area contributed by atoms with Gasteiger partial charge in [-0.15, -0.1) is 0 Å². The van der Waals surface area contributed by atoms with Gasteiger partial charge >= 0.3 is 0 Å². The fourth-order valence-electron chi connectivity index (χ4n) is 5.88. The number of hydrogen-bond donors (Lipinski definition) is 0. The molecule has 0 unspecified atom stereocenters. The second-order valence-electron chi connectivity index (χ2n) is 11.3. The molecule has 0 saturated heterocycles. The Hall–Kier alpha value is -4.13. The van der Waals surface area contributed by atoms with Crippen molar-refractivity contribution in [2.45, 2.75) is 33.2 Å². The molecular formula is C38H30Br2N4. The molecule has 44 heavy (non-hydrogen) atoms. The molecule has 2 heterocycles. The Bertz CT molecular complexity index is 2030. The van der Waals surface area contributed by atoms with Gasteiger partial charge in [0.1, 0.15) is 0 Å². The number of aromatic nitrogens is 4. The first-order chi connectivity index (χ1) is 21.4. The molecule has 0 bridgehead atoms. The van der Waals surface area contributed by atoms with Gasteiger partial charge in [0.2, 0.25) is 0 Å². The van der Waals surface area contributed by atoms with Crippen molar-refractivity contribution in [3.05, 3.63) is 135 Å². The SMILES string of the molecule is Cc1cccc(-c2nc(-c3ccc(CCCn4c5ccc(Br)cc5c5cc(Br)ccc54)cc3)nc(-c3cccc(C)c3)n2)c1. The highest BCUT2D eigenvalue weighted by Gasteiger charge is 2.14. The van der Waals surface area contributed by atoms with Gasteiger partial charge in [0.25, 0.3) is 0 Å². The Morgan fingerprint density at radius 2 is 1.05 bits per heavy atom. The lowest BCUT2D eigenvalue weighted by atomic mass is 10.1. The summed E-state index contributed by atoms with van der Waals surface area (Å²) in [6.45, 7) is 5.12. The van der Waals surface area contributed by atoms with Crippen LogP contribution in [0.15, 0.2) is 118 Å². The molecule has 0 aliphatic rings. The minimum atomic E-state index is 0.683. The molecule has 0 radical (unpaired) electrons. The summed E-state index contributed by atoms with van der Waals surface area (Å²) >= 11 is 7.31. The summed E-state index contributed by atoms with van der Waals surface area (Å²) in [6.07, 6.45) is 2.01. The van der Waals surface area contributed by atoms with E-state index in [1.807, 2.05) is 12.1 Å². The largest absolute Gasteiger partial charge is 0.340 e. The van der Waals surface area contributed by atoms with Crippen molar-refractivity contribution in [1.82, 2.24) is 19.5 Å². The molecule has 0 fully saturated rings. The van der Waals surface area contributed by atoms with Crippen molar-refractivity contribution >= 4 is 53.7 Å². The normalized spacial score (nSPS) is 11.5. The highest BCUT2D eigenvalue weighted by Crippen LogP contribution is 2.33. The number of rotatable bonds is 7. The van der Waals surface area contributed by atoms with Crippen molar-refractivity contribution in [2.75, 3.05) is 0 Å². The molecule has 6 heteroatoms. The molecule has 0 saturated carbocycles. The highest BCUT2D eigenvalue weighted by molar-refractivity contribution is 9.10. The predicted octanol–water partition coefficient (Wildman–Crippen LogP) is 10.8. The zero-order valence-corrected chi connectivity index (χ0v) is 27.7. The molecule has 4 nitrogen and oxygen atoms in total. The average molecular weight is 702 g/mol. The third-order valence-electron chi connectivity index (χ3n) is 8.04. The zero-order valence-electron chi connectivity index (χ0n) is 24.6. The topological polar surface area (TPSA) is 43.6 Å². The van der Waals surface area contributed by atoms with E-state index in [1.54, 1.807) is 0 Å². The van der Waals surface area contributed by atoms with Gasteiger partial charge < -0.3 is 4.57 Å². The van der Waals surface area contributed by atoms with E-state index in [4.69, 9.17) is 15.0 Å². The van der Waals surface area contributed by atoms with Crippen molar-refractivity contribution in [1.29, 1.82) is 0 Å². The van der Waals surface area contributed by atoms with Gasteiger partial charge in [-0.05, 0) is 80.8 Å². The van der Waals surface area contributed by atoms with E-state index in [9.17, 15) is 0 Å². The first-order valence-electron chi connectivity index (χ1n) is 14.8. The van der Waals surface area contributed by atoms with Crippen LogP contribution in [-0.4, -0.2) is 19.5 Å². The molecule has 216 valence electrons. The summed E-state index contributed by atoms with van der Waals surface area (Å²) in [5.41, 5.74) is 9.14. The Balaban J connectivity index is 1.16. The lowest BCUT2D eigenvalue weighted by molar-refractivity contribution is 0.678. The molecule has 0 aliphatic carbocycles. The summed E-state index contributed by atoms with van der Waals surface area (Å²) in [5.74, 6) is 2.05. The summed E-state index contributed by atoms with van der Waals surface area (Å²) in [6, 6.07) is 38.4. The molecule has 2 aromatic heterocycles. The van der Waals surface area contributed by atoms with Gasteiger partial charge in [-0.3, -0.25) is 0 Å². The van der Waals surface area contributed by atoms with Crippen molar-refractivity contribution < 1.29 is 0 Å². The Labute approximate surface area is 274 Å². The molecule has 0 aliphatic heterocycles. The summed E-state index contributed by atoms with van der Waals surface area (Å²) in [5, 5.41) is 2.54. The van der Waals surface area contributed by atoms with Crippen LogP contribution in [0.1, 0.15) is 23.1 Å². The van der Waals surface area contributed by atoms with E-state index in [2.05, 4.69) is 147 Å². The van der Waals surface area contributed by atoms with Gasteiger partial charge in [0.15, 0.2) is 17.5 Å². The lowest BCUT2D eigenvalue weighted by Gasteiger charge is -2.10. The monoisotopic (exact) mass is 700 g/mol. The fraction of sp³-hybridized carbons (Fsp3) is 0.132. The van der Waals surface area contributed by atoms with E-state index < -0.39 is 0 Å². The highest BCUT2D eigenvalue weighted by atomic mass is 79.9. The number of nitrogens with zero attached hydrogens (tertiary/aromatic N) is 4. The van der Waals surface area contributed by atoms with Gasteiger partial charge in [-0.2, -0.15) is 0 Å². The molecule has 0 amide bonds. The molecule has 0 spiro atoms. The standard InChI is InChI=1S/C38H30Br2N4/c1-24-6-3-9-28(20-24)37-41-36(42-38(43-37)29-10-4-7-25(2)21-29)27-13-11-26(12-14-27)8-5-19-44-34-17-15-30(39)22-32(34)33-23-31(40)16-18-35(33)44/h3-4,6-7,9-18,20-23H,5,8,19H2,1-2H3. The van der Waals surface area contributed by atoms with Crippen molar-refractivity contribution in [3.8, 4) is 34.2 Å². The number of halogens is 2.